The van der Waals surface area contributed by atoms with Crippen LogP contribution in [0.2, 0.25) is 0 Å². The fraction of sp³-hybridized carbons (Fsp3) is 0.227. The van der Waals surface area contributed by atoms with Crippen molar-refractivity contribution in [3.05, 3.63) is 65.7 Å². The fourth-order valence-electron chi connectivity index (χ4n) is 3.20. The number of carbonyl (C=O) groups excluding carboxylic acids is 1. The third-order valence-corrected chi connectivity index (χ3v) is 5.59. The van der Waals surface area contributed by atoms with E-state index in [-0.39, 0.29) is 17.5 Å². The molecule has 6 nitrogen and oxygen atoms in total. The summed E-state index contributed by atoms with van der Waals surface area (Å²) in [4.78, 5) is 18.9. The average molecular weight is 424 g/mol. The van der Waals surface area contributed by atoms with Crippen molar-refractivity contribution in [1.29, 1.82) is 0 Å². The van der Waals surface area contributed by atoms with E-state index >= 15 is 0 Å². The minimum Gasteiger partial charge on any atom is -0.372 e. The number of aromatic amines is 1. The van der Waals surface area contributed by atoms with Crippen LogP contribution in [0.15, 0.2) is 53.7 Å². The van der Waals surface area contributed by atoms with Gasteiger partial charge in [0.15, 0.2) is 0 Å². The highest BCUT2D eigenvalue weighted by molar-refractivity contribution is 7.99. The third kappa shape index (κ3) is 5.48. The number of hydrogen-bond acceptors (Lipinski definition) is 5. The number of aromatic nitrogens is 3. The molecule has 2 heterocycles. The molecule has 1 aliphatic rings. The van der Waals surface area contributed by atoms with Crippen LogP contribution in [0.25, 0.3) is 12.2 Å². The average Bonchev–Trinajstić information content (AvgIpc) is 3.45. The Morgan fingerprint density at radius 2 is 1.83 bits per heavy atom. The normalized spacial score (nSPS) is 13.8. The van der Waals surface area contributed by atoms with Gasteiger partial charge in [0.25, 0.3) is 0 Å². The number of benzene rings is 2. The standard InChI is InChI=1S/C22H22FN5OS/c23-17-6-3-16(4-7-17)5-12-20-25-22(27-26-20)30-15-21(29)24-18-8-10-19(11-9-18)28-13-1-2-14-28/h3-12H,1-2,13-15H2,(H,24,29)(H,25,26,27)/b12-5+. The van der Waals surface area contributed by atoms with Gasteiger partial charge < -0.3 is 10.2 Å². The van der Waals surface area contributed by atoms with Crippen LogP contribution in [0, 0.1) is 5.82 Å². The van der Waals surface area contributed by atoms with Crippen molar-refractivity contribution in [1.82, 2.24) is 15.2 Å². The van der Waals surface area contributed by atoms with Crippen LogP contribution < -0.4 is 10.2 Å². The molecule has 0 bridgehead atoms. The van der Waals surface area contributed by atoms with Crippen molar-refractivity contribution in [2.24, 2.45) is 0 Å². The molecule has 8 heteroatoms. The number of H-pyrrole nitrogens is 1. The van der Waals surface area contributed by atoms with E-state index in [1.165, 1.54) is 42.4 Å². The molecule has 30 heavy (non-hydrogen) atoms. The maximum atomic E-state index is 12.9. The summed E-state index contributed by atoms with van der Waals surface area (Å²) < 4.78 is 12.9. The van der Waals surface area contributed by atoms with Crippen LogP contribution in [0.5, 0.6) is 0 Å². The minimum absolute atomic E-state index is 0.109. The summed E-state index contributed by atoms with van der Waals surface area (Å²) in [6.07, 6.45) is 6.04. The predicted molar refractivity (Wildman–Crippen MR) is 119 cm³/mol. The molecule has 2 aromatic carbocycles. The van der Waals surface area contributed by atoms with Crippen molar-refractivity contribution in [3.63, 3.8) is 0 Å². The van der Waals surface area contributed by atoms with Crippen molar-refractivity contribution in [3.8, 4) is 0 Å². The van der Waals surface area contributed by atoms with E-state index in [0.717, 1.165) is 24.3 Å². The van der Waals surface area contributed by atoms with E-state index in [0.29, 0.717) is 11.0 Å². The van der Waals surface area contributed by atoms with Gasteiger partial charge in [0.05, 0.1) is 5.75 Å². The largest absolute Gasteiger partial charge is 0.372 e. The number of amides is 1. The number of hydrogen-bond donors (Lipinski definition) is 2. The SMILES string of the molecule is O=C(CSc1n[nH]c(/C=C/c2ccc(F)cc2)n1)Nc1ccc(N2CCCC2)cc1. The van der Waals surface area contributed by atoms with E-state index < -0.39 is 0 Å². The van der Waals surface area contributed by atoms with Gasteiger partial charge in [-0.25, -0.2) is 9.37 Å². The molecule has 1 fully saturated rings. The van der Waals surface area contributed by atoms with Crippen LogP contribution in [0.4, 0.5) is 15.8 Å². The number of halogens is 1. The smallest absolute Gasteiger partial charge is 0.234 e. The summed E-state index contributed by atoms with van der Waals surface area (Å²) in [5, 5.41) is 10.3. The van der Waals surface area contributed by atoms with Crippen LogP contribution in [0.3, 0.4) is 0 Å². The number of nitrogens with zero attached hydrogens (tertiary/aromatic N) is 3. The molecule has 1 saturated heterocycles. The van der Waals surface area contributed by atoms with Crippen LogP contribution in [-0.4, -0.2) is 39.9 Å². The lowest BCUT2D eigenvalue weighted by atomic mass is 10.2. The first-order valence-electron chi connectivity index (χ1n) is 9.79. The molecule has 0 spiro atoms. The summed E-state index contributed by atoms with van der Waals surface area (Å²) in [6.45, 7) is 2.19. The molecule has 0 saturated carbocycles. The van der Waals surface area contributed by atoms with Gasteiger partial charge in [-0.2, -0.15) is 0 Å². The number of anilines is 2. The van der Waals surface area contributed by atoms with Gasteiger partial charge in [0.1, 0.15) is 11.6 Å². The Balaban J connectivity index is 1.25. The maximum Gasteiger partial charge on any atom is 0.234 e. The monoisotopic (exact) mass is 423 g/mol. The lowest BCUT2D eigenvalue weighted by molar-refractivity contribution is -0.113. The summed E-state index contributed by atoms with van der Waals surface area (Å²) >= 11 is 1.26. The summed E-state index contributed by atoms with van der Waals surface area (Å²) in [6, 6.07) is 14.1. The zero-order chi connectivity index (χ0) is 20.8. The van der Waals surface area contributed by atoms with Crippen LogP contribution >= 0.6 is 11.8 Å². The zero-order valence-corrected chi connectivity index (χ0v) is 17.2. The molecule has 0 atom stereocenters. The Morgan fingerprint density at radius 1 is 1.10 bits per heavy atom. The van der Waals surface area contributed by atoms with Crippen molar-refractivity contribution in [2.45, 2.75) is 18.0 Å². The van der Waals surface area contributed by atoms with Gasteiger partial charge in [-0.3, -0.25) is 9.89 Å². The molecule has 0 aliphatic carbocycles. The Kier molecular flexibility index (Phi) is 6.44. The Hall–Kier alpha value is -3.13. The lowest BCUT2D eigenvalue weighted by Crippen LogP contribution is -2.18. The zero-order valence-electron chi connectivity index (χ0n) is 16.3. The highest BCUT2D eigenvalue weighted by Gasteiger charge is 2.12. The molecule has 1 aromatic heterocycles. The Morgan fingerprint density at radius 3 is 2.57 bits per heavy atom. The second-order valence-corrected chi connectivity index (χ2v) is 7.91. The van der Waals surface area contributed by atoms with E-state index in [2.05, 4.69) is 25.4 Å². The van der Waals surface area contributed by atoms with Gasteiger partial charge in [-0.1, -0.05) is 30.0 Å². The predicted octanol–water partition coefficient (Wildman–Crippen LogP) is 4.45. The molecule has 154 valence electrons. The molecule has 3 aromatic rings. The van der Waals surface area contributed by atoms with E-state index in [1.807, 2.05) is 30.3 Å². The molecule has 2 N–H and O–H groups in total. The van der Waals surface area contributed by atoms with Gasteiger partial charge in [-0.15, -0.1) is 5.10 Å². The summed E-state index contributed by atoms with van der Waals surface area (Å²) in [5.74, 6) is 0.403. The number of carbonyl (C=O) groups is 1. The molecule has 0 unspecified atom stereocenters. The van der Waals surface area contributed by atoms with E-state index in [4.69, 9.17) is 0 Å². The summed E-state index contributed by atoms with van der Waals surface area (Å²) in [5.41, 5.74) is 2.83. The second-order valence-electron chi connectivity index (χ2n) is 6.97. The van der Waals surface area contributed by atoms with Gasteiger partial charge in [0.2, 0.25) is 11.1 Å². The van der Waals surface area contributed by atoms with Crippen molar-refractivity contribution >= 4 is 41.2 Å². The fourth-order valence-corrected chi connectivity index (χ4v) is 3.81. The number of rotatable bonds is 7. The molecular formula is C22H22FN5OS. The lowest BCUT2D eigenvalue weighted by Gasteiger charge is -2.17. The highest BCUT2D eigenvalue weighted by Crippen LogP contribution is 2.22. The molecule has 1 aliphatic heterocycles. The first kappa shape index (κ1) is 20.2. The van der Waals surface area contributed by atoms with Crippen LogP contribution in [0.1, 0.15) is 24.2 Å². The molecule has 1 amide bonds. The minimum atomic E-state index is -0.272. The summed E-state index contributed by atoms with van der Waals surface area (Å²) in [7, 11) is 0. The third-order valence-electron chi connectivity index (χ3n) is 4.74. The van der Waals surface area contributed by atoms with E-state index in [1.54, 1.807) is 18.2 Å². The number of thioether (sulfide) groups is 1. The first-order valence-corrected chi connectivity index (χ1v) is 10.8. The number of nitrogens with one attached hydrogen (secondary N) is 2. The topological polar surface area (TPSA) is 73.9 Å². The highest BCUT2D eigenvalue weighted by atomic mass is 32.2. The first-order chi connectivity index (χ1) is 14.7. The Bertz CT molecular complexity index is 1010. The maximum absolute atomic E-state index is 12.9. The second kappa shape index (κ2) is 9.58. The van der Waals surface area contributed by atoms with Crippen LogP contribution in [-0.2, 0) is 4.79 Å². The van der Waals surface area contributed by atoms with Crippen molar-refractivity contribution < 1.29 is 9.18 Å². The molecule has 4 rings (SSSR count). The van der Waals surface area contributed by atoms with Crippen molar-refractivity contribution in [2.75, 3.05) is 29.1 Å². The van der Waals surface area contributed by atoms with Gasteiger partial charge in [0, 0.05) is 24.5 Å². The van der Waals surface area contributed by atoms with Gasteiger partial charge >= 0.3 is 0 Å². The van der Waals surface area contributed by atoms with Gasteiger partial charge in [-0.05, 0) is 60.9 Å². The van der Waals surface area contributed by atoms with E-state index in [9.17, 15) is 9.18 Å². The quantitative estimate of drug-likeness (QED) is 0.550. The molecular weight excluding hydrogens is 401 g/mol. The molecule has 0 radical (unpaired) electrons. The Labute approximate surface area is 178 Å².